The Labute approximate surface area is 201 Å². The lowest BCUT2D eigenvalue weighted by Crippen LogP contribution is -2.47. The first kappa shape index (κ1) is 22.2. The molecule has 0 unspecified atom stereocenters. The molecule has 0 amide bonds. The topological polar surface area (TPSA) is 85.3 Å². The van der Waals surface area contributed by atoms with Crippen LogP contribution in [0.15, 0.2) is 36.4 Å². The highest BCUT2D eigenvalue weighted by molar-refractivity contribution is 6.30. The molecule has 0 saturated carbocycles. The molecule has 0 aliphatic carbocycles. The fraction of sp³-hybridized carbons (Fsp3) is 0.292. The summed E-state index contributed by atoms with van der Waals surface area (Å²) in [6, 6.07) is 10.6. The molecule has 1 aliphatic rings. The maximum absolute atomic E-state index is 15.0. The van der Waals surface area contributed by atoms with Crippen molar-refractivity contribution in [2.24, 2.45) is 7.05 Å². The van der Waals surface area contributed by atoms with E-state index in [0.29, 0.717) is 52.9 Å². The van der Waals surface area contributed by atoms with Gasteiger partial charge in [0, 0.05) is 55.6 Å². The van der Waals surface area contributed by atoms with Gasteiger partial charge in [0.1, 0.15) is 17.4 Å². The number of aryl methyl sites for hydroxylation is 2. The smallest absolute Gasteiger partial charge is 0.228 e. The van der Waals surface area contributed by atoms with Gasteiger partial charge >= 0.3 is 0 Å². The number of aromatic nitrogens is 4. The minimum atomic E-state index is -0.449. The molecule has 8 nitrogen and oxygen atoms in total. The largest absolute Gasteiger partial charge is 0.497 e. The van der Waals surface area contributed by atoms with Crippen LogP contribution in [0, 0.1) is 12.7 Å². The van der Waals surface area contributed by atoms with E-state index in [4.69, 9.17) is 27.1 Å². The van der Waals surface area contributed by atoms with Crippen molar-refractivity contribution >= 4 is 40.1 Å². The number of nitrogens with zero attached hydrogens (tertiary/aromatic N) is 6. The van der Waals surface area contributed by atoms with Gasteiger partial charge in [0.15, 0.2) is 5.65 Å². The zero-order chi connectivity index (χ0) is 24.0. The molecule has 2 N–H and O–H groups in total. The maximum atomic E-state index is 15.0. The molecule has 0 spiro atoms. The number of hydrogen-bond donors (Lipinski definition) is 1. The zero-order valence-electron chi connectivity index (χ0n) is 19.2. The Hall–Kier alpha value is -3.59. The van der Waals surface area contributed by atoms with Crippen molar-refractivity contribution in [1.82, 2.24) is 19.7 Å². The maximum Gasteiger partial charge on any atom is 0.228 e. The molecule has 0 radical (unpaired) electrons. The summed E-state index contributed by atoms with van der Waals surface area (Å²) in [5.74, 6) is 0.861. The second-order valence-corrected chi connectivity index (χ2v) is 8.77. The van der Waals surface area contributed by atoms with Gasteiger partial charge in [-0.05, 0) is 36.8 Å². The summed E-state index contributed by atoms with van der Waals surface area (Å²) in [5, 5.41) is 5.69. The Balaban J connectivity index is 1.51. The van der Waals surface area contributed by atoms with Crippen molar-refractivity contribution < 1.29 is 9.13 Å². The highest BCUT2D eigenvalue weighted by Crippen LogP contribution is 2.35. The van der Waals surface area contributed by atoms with Gasteiger partial charge in [-0.15, -0.1) is 0 Å². The third kappa shape index (κ3) is 3.86. The Morgan fingerprint density at radius 1 is 1.03 bits per heavy atom. The van der Waals surface area contributed by atoms with Crippen molar-refractivity contribution in [2.45, 2.75) is 6.92 Å². The molecule has 4 aromatic rings. The highest BCUT2D eigenvalue weighted by Gasteiger charge is 2.25. The number of methoxy groups -OCH3 is 1. The molecule has 5 rings (SSSR count). The van der Waals surface area contributed by atoms with Gasteiger partial charge in [-0.2, -0.15) is 10.1 Å². The fourth-order valence-corrected chi connectivity index (χ4v) is 4.49. The van der Waals surface area contributed by atoms with Crippen LogP contribution in [0.2, 0.25) is 5.02 Å². The van der Waals surface area contributed by atoms with Crippen LogP contribution in [0.5, 0.6) is 5.75 Å². The Bertz CT molecular complexity index is 1380. The number of nitrogen functional groups attached to an aromatic ring is 1. The Morgan fingerprint density at radius 3 is 2.47 bits per heavy atom. The Kier molecular flexibility index (Phi) is 5.65. The van der Waals surface area contributed by atoms with Gasteiger partial charge in [0.05, 0.1) is 18.2 Å². The van der Waals surface area contributed by atoms with Gasteiger partial charge in [0.25, 0.3) is 0 Å². The monoisotopic (exact) mass is 481 g/mol. The molecule has 2 aromatic heterocycles. The number of rotatable bonds is 4. The first-order chi connectivity index (χ1) is 16.4. The van der Waals surface area contributed by atoms with Crippen LogP contribution < -0.4 is 20.3 Å². The minimum Gasteiger partial charge on any atom is -0.497 e. The molecule has 1 fully saturated rings. The molecule has 10 heteroatoms. The second-order valence-electron chi connectivity index (χ2n) is 8.33. The van der Waals surface area contributed by atoms with Gasteiger partial charge in [-0.1, -0.05) is 17.7 Å². The summed E-state index contributed by atoms with van der Waals surface area (Å²) < 4.78 is 21.7. The highest BCUT2D eigenvalue weighted by atomic mass is 35.5. The average Bonchev–Trinajstić information content (AvgIpc) is 3.13. The van der Waals surface area contributed by atoms with E-state index in [1.54, 1.807) is 19.2 Å². The summed E-state index contributed by atoms with van der Waals surface area (Å²) in [7, 11) is 3.23. The molecule has 3 heterocycles. The summed E-state index contributed by atoms with van der Waals surface area (Å²) in [6.07, 6.45) is 0. The van der Waals surface area contributed by atoms with Crippen LogP contribution in [-0.2, 0) is 7.05 Å². The molecule has 0 bridgehead atoms. The van der Waals surface area contributed by atoms with Gasteiger partial charge in [-0.25, -0.2) is 9.37 Å². The number of fused-ring (bicyclic) bond motifs is 1. The number of hydrogen-bond acceptors (Lipinski definition) is 7. The number of benzene rings is 2. The van der Waals surface area contributed by atoms with E-state index in [9.17, 15) is 0 Å². The van der Waals surface area contributed by atoms with Gasteiger partial charge in [-0.3, -0.25) is 4.68 Å². The van der Waals surface area contributed by atoms with Crippen molar-refractivity contribution in [2.75, 3.05) is 48.8 Å². The normalized spacial score (nSPS) is 14.1. The Morgan fingerprint density at radius 2 is 1.76 bits per heavy atom. The summed E-state index contributed by atoms with van der Waals surface area (Å²) in [6.45, 7) is 5.03. The zero-order valence-corrected chi connectivity index (χ0v) is 20.0. The summed E-state index contributed by atoms with van der Waals surface area (Å²) in [4.78, 5) is 13.8. The molecule has 2 aromatic carbocycles. The van der Waals surface area contributed by atoms with Crippen molar-refractivity contribution in [3.8, 4) is 17.0 Å². The minimum absolute atomic E-state index is 0.322. The summed E-state index contributed by atoms with van der Waals surface area (Å²) in [5.41, 5.74) is 9.74. The van der Waals surface area contributed by atoms with Crippen LogP contribution in [0.3, 0.4) is 0 Å². The number of anilines is 3. The molecular formula is C24H25ClFN7O. The van der Waals surface area contributed by atoms with Crippen molar-refractivity contribution in [1.29, 1.82) is 0 Å². The van der Waals surface area contributed by atoms with E-state index < -0.39 is 5.82 Å². The predicted molar refractivity (Wildman–Crippen MR) is 133 cm³/mol. The number of halogens is 2. The van der Waals surface area contributed by atoms with Crippen molar-refractivity contribution in [3.05, 3.63) is 52.8 Å². The number of nitrogens with two attached hydrogens (primary N) is 1. The van der Waals surface area contributed by atoms with E-state index in [1.165, 1.54) is 23.4 Å². The van der Waals surface area contributed by atoms with E-state index >= 15 is 4.39 Å². The van der Waals surface area contributed by atoms with E-state index in [1.807, 2.05) is 18.2 Å². The standard InChI is InChI=1S/C24H25ClFN7O/c1-14-4-5-15(25)12-19(14)32-8-10-33(11-9-32)24-28-21(17-7-6-16(34-3)13-18(17)26)20-22(27)31(2)30-23(20)29-24/h4-7,12-13H,8-11,27H2,1-3H3. The first-order valence-electron chi connectivity index (χ1n) is 11.0. The quantitative estimate of drug-likeness (QED) is 0.470. The lowest BCUT2D eigenvalue weighted by Gasteiger charge is -2.37. The van der Waals surface area contributed by atoms with Crippen molar-refractivity contribution in [3.63, 3.8) is 0 Å². The van der Waals surface area contributed by atoms with Crippen LogP contribution in [0.25, 0.3) is 22.3 Å². The van der Waals surface area contributed by atoms with Crippen LogP contribution in [0.4, 0.5) is 21.8 Å². The number of ether oxygens (including phenoxy) is 1. The van der Waals surface area contributed by atoms with E-state index in [-0.39, 0.29) is 0 Å². The lowest BCUT2D eigenvalue weighted by molar-refractivity contribution is 0.411. The molecule has 1 saturated heterocycles. The lowest BCUT2D eigenvalue weighted by atomic mass is 10.1. The third-order valence-corrected chi connectivity index (χ3v) is 6.47. The third-order valence-electron chi connectivity index (χ3n) is 6.23. The molecule has 0 atom stereocenters. The second kappa shape index (κ2) is 8.64. The van der Waals surface area contributed by atoms with Gasteiger partial charge in [0.2, 0.25) is 5.95 Å². The van der Waals surface area contributed by atoms with Gasteiger partial charge < -0.3 is 20.3 Å². The fourth-order valence-electron chi connectivity index (χ4n) is 4.33. The van der Waals surface area contributed by atoms with E-state index in [2.05, 4.69) is 26.8 Å². The number of piperazine rings is 1. The molecule has 176 valence electrons. The first-order valence-corrected chi connectivity index (χ1v) is 11.3. The van der Waals surface area contributed by atoms with E-state index in [0.717, 1.165) is 23.8 Å². The average molecular weight is 482 g/mol. The predicted octanol–water partition coefficient (Wildman–Crippen LogP) is 4.05. The molecule has 1 aliphatic heterocycles. The van der Waals surface area contributed by atoms with Crippen LogP contribution in [-0.4, -0.2) is 53.0 Å². The molecule has 34 heavy (non-hydrogen) atoms. The molecular weight excluding hydrogens is 457 g/mol. The van der Waals surface area contributed by atoms with Crippen LogP contribution in [0.1, 0.15) is 5.56 Å². The summed E-state index contributed by atoms with van der Waals surface area (Å²) >= 11 is 6.22. The SMILES string of the molecule is COc1ccc(-c2nc(N3CCN(c4cc(Cl)ccc4C)CC3)nc3nn(C)c(N)c23)c(F)c1. The van der Waals surface area contributed by atoms with Crippen LogP contribution >= 0.6 is 11.6 Å².